The average Bonchev–Trinajstić information content (AvgIpc) is 2.50. The minimum atomic E-state index is 0.465. The Morgan fingerprint density at radius 2 is 1.94 bits per heavy atom. The molecule has 4 nitrogen and oxygen atoms in total. The maximum absolute atomic E-state index is 5.87. The number of rotatable bonds is 1. The second-order valence-corrected chi connectivity index (χ2v) is 5.10. The quantitative estimate of drug-likeness (QED) is 0.780. The number of benzene rings is 1. The van der Waals surface area contributed by atoms with Gasteiger partial charge in [0.1, 0.15) is 11.5 Å². The van der Waals surface area contributed by atoms with Crippen molar-refractivity contribution in [3.8, 4) is 11.3 Å². The Hall–Kier alpha value is -1.01. The van der Waals surface area contributed by atoms with Crippen molar-refractivity contribution in [2.45, 2.75) is 6.92 Å². The first-order valence-corrected chi connectivity index (χ1v) is 6.14. The molecule has 0 radical (unpaired) electrons. The number of halogens is 2. The molecule has 2 aromatic rings. The Balaban J connectivity index is 2.59. The molecule has 0 bridgehead atoms. The molecule has 1 aromatic heterocycles. The Morgan fingerprint density at radius 3 is 2.44 bits per heavy atom. The van der Waals surface area contributed by atoms with E-state index in [1.807, 2.05) is 25.1 Å². The van der Waals surface area contributed by atoms with Crippen molar-refractivity contribution < 1.29 is 0 Å². The highest BCUT2D eigenvalue weighted by Crippen LogP contribution is 2.31. The number of aryl methyl sites for hydroxylation is 1. The number of imidazole rings is 1. The predicted octanol–water partition coefficient (Wildman–Crippen LogP) is 2.68. The van der Waals surface area contributed by atoms with Crippen LogP contribution in [-0.2, 0) is 0 Å². The number of hydrogen-bond donors (Lipinski definition) is 2. The molecule has 16 heavy (non-hydrogen) atoms. The van der Waals surface area contributed by atoms with Crippen molar-refractivity contribution in [1.29, 1.82) is 0 Å². The van der Waals surface area contributed by atoms with Gasteiger partial charge in [0.15, 0.2) is 5.82 Å². The first-order valence-electron chi connectivity index (χ1n) is 4.56. The van der Waals surface area contributed by atoms with Crippen LogP contribution >= 0.6 is 31.9 Å². The highest BCUT2D eigenvalue weighted by molar-refractivity contribution is 9.13. The lowest BCUT2D eigenvalue weighted by Crippen LogP contribution is -2.13. The topological polar surface area (TPSA) is 69.9 Å². The Kier molecular flexibility index (Phi) is 2.94. The summed E-state index contributed by atoms with van der Waals surface area (Å²) in [6.07, 6.45) is 0. The molecule has 0 saturated heterocycles. The van der Waals surface area contributed by atoms with Crippen LogP contribution in [0.1, 0.15) is 5.82 Å². The molecule has 0 aliphatic carbocycles. The van der Waals surface area contributed by atoms with Crippen LogP contribution in [0.2, 0.25) is 0 Å². The molecule has 0 unspecified atom stereocenters. The lowest BCUT2D eigenvalue weighted by atomic mass is 10.1. The molecule has 0 amide bonds. The van der Waals surface area contributed by atoms with Gasteiger partial charge < -0.3 is 11.6 Å². The van der Waals surface area contributed by atoms with Crippen molar-refractivity contribution >= 4 is 37.7 Å². The molecule has 2 rings (SSSR count). The zero-order chi connectivity index (χ0) is 11.9. The third kappa shape index (κ3) is 1.82. The second-order valence-electron chi connectivity index (χ2n) is 3.39. The van der Waals surface area contributed by atoms with E-state index in [9.17, 15) is 0 Å². The van der Waals surface area contributed by atoms with E-state index < -0.39 is 0 Å². The lowest BCUT2D eigenvalue weighted by Gasteiger charge is -2.02. The highest BCUT2D eigenvalue weighted by atomic mass is 79.9. The lowest BCUT2D eigenvalue weighted by molar-refractivity contribution is 0.937. The fourth-order valence-corrected chi connectivity index (χ4v) is 2.04. The van der Waals surface area contributed by atoms with Crippen LogP contribution in [0.3, 0.4) is 0 Å². The third-order valence-corrected chi connectivity index (χ3v) is 4.20. The molecule has 0 atom stereocenters. The monoisotopic (exact) mass is 344 g/mol. The van der Waals surface area contributed by atoms with Gasteiger partial charge in [0.2, 0.25) is 0 Å². The third-order valence-electron chi connectivity index (χ3n) is 2.32. The number of hydrogen-bond acceptors (Lipinski definition) is 3. The number of nitrogens with two attached hydrogens (primary N) is 2. The van der Waals surface area contributed by atoms with Gasteiger partial charge in [0, 0.05) is 14.5 Å². The summed E-state index contributed by atoms with van der Waals surface area (Å²) in [6, 6.07) is 5.82. The number of aromatic nitrogens is 2. The van der Waals surface area contributed by atoms with Gasteiger partial charge in [-0.2, -0.15) is 0 Å². The molecule has 4 N–H and O–H groups in total. The molecular weight excluding hydrogens is 336 g/mol. The van der Waals surface area contributed by atoms with Gasteiger partial charge in [-0.05, 0) is 50.9 Å². The summed E-state index contributed by atoms with van der Waals surface area (Å²) in [6.45, 7) is 1.81. The Morgan fingerprint density at radius 1 is 1.25 bits per heavy atom. The van der Waals surface area contributed by atoms with E-state index >= 15 is 0 Å². The van der Waals surface area contributed by atoms with Crippen LogP contribution in [0, 0.1) is 6.92 Å². The molecule has 0 saturated carbocycles. The van der Waals surface area contributed by atoms with E-state index in [0.29, 0.717) is 17.3 Å². The van der Waals surface area contributed by atoms with Crippen LogP contribution in [0.5, 0.6) is 0 Å². The zero-order valence-electron chi connectivity index (χ0n) is 8.54. The molecule has 84 valence electrons. The average molecular weight is 346 g/mol. The molecule has 1 aromatic carbocycles. The van der Waals surface area contributed by atoms with Crippen LogP contribution in [0.15, 0.2) is 27.1 Å². The first-order chi connectivity index (χ1) is 7.50. The van der Waals surface area contributed by atoms with E-state index in [2.05, 4.69) is 36.8 Å². The molecule has 6 heteroatoms. The largest absolute Gasteiger partial charge is 0.382 e. The van der Waals surface area contributed by atoms with Crippen molar-refractivity contribution in [3.05, 3.63) is 33.0 Å². The summed E-state index contributed by atoms with van der Waals surface area (Å²) < 4.78 is 3.32. The summed E-state index contributed by atoms with van der Waals surface area (Å²) in [5.74, 6) is 6.87. The van der Waals surface area contributed by atoms with E-state index in [0.717, 1.165) is 14.5 Å². The SMILES string of the molecule is Cc1nc(-c2ccc(Br)c(Br)c2)c(N)n1N. The van der Waals surface area contributed by atoms with E-state index in [1.165, 1.54) is 4.68 Å². The van der Waals surface area contributed by atoms with E-state index in [4.69, 9.17) is 11.6 Å². The van der Waals surface area contributed by atoms with Crippen LogP contribution < -0.4 is 11.6 Å². The van der Waals surface area contributed by atoms with Gasteiger partial charge in [-0.15, -0.1) is 0 Å². The van der Waals surface area contributed by atoms with Crippen LogP contribution in [0.25, 0.3) is 11.3 Å². The maximum atomic E-state index is 5.87. The fourth-order valence-electron chi connectivity index (χ4n) is 1.42. The van der Waals surface area contributed by atoms with Crippen LogP contribution in [0.4, 0.5) is 5.82 Å². The van der Waals surface area contributed by atoms with Gasteiger partial charge in [-0.25, -0.2) is 9.66 Å². The standard InChI is InChI=1S/C10H10Br2N4/c1-5-15-9(10(13)16(5)14)6-2-3-7(11)8(12)4-6/h2-4H,13-14H2,1H3. The maximum Gasteiger partial charge on any atom is 0.150 e. The summed E-state index contributed by atoms with van der Waals surface area (Å²) in [5.41, 5.74) is 7.50. The minimum absolute atomic E-state index is 0.465. The number of nitrogen functional groups attached to an aromatic ring is 2. The molecule has 0 spiro atoms. The summed E-state index contributed by atoms with van der Waals surface area (Å²) in [7, 11) is 0. The van der Waals surface area contributed by atoms with Gasteiger partial charge in [-0.1, -0.05) is 6.07 Å². The molecule has 1 heterocycles. The minimum Gasteiger partial charge on any atom is -0.382 e. The van der Waals surface area contributed by atoms with Crippen molar-refractivity contribution in [3.63, 3.8) is 0 Å². The second kappa shape index (κ2) is 4.10. The predicted molar refractivity (Wildman–Crippen MR) is 72.4 cm³/mol. The highest BCUT2D eigenvalue weighted by Gasteiger charge is 2.12. The Labute approximate surface area is 110 Å². The van der Waals surface area contributed by atoms with E-state index in [1.54, 1.807) is 0 Å². The fraction of sp³-hybridized carbons (Fsp3) is 0.100. The van der Waals surface area contributed by atoms with Gasteiger partial charge in [-0.3, -0.25) is 0 Å². The normalized spacial score (nSPS) is 10.7. The smallest absolute Gasteiger partial charge is 0.150 e. The van der Waals surface area contributed by atoms with E-state index in [-0.39, 0.29) is 0 Å². The van der Waals surface area contributed by atoms with Crippen molar-refractivity contribution in [2.24, 2.45) is 0 Å². The molecule has 0 aliphatic rings. The van der Waals surface area contributed by atoms with Crippen LogP contribution in [-0.4, -0.2) is 9.66 Å². The molecular formula is C10H10Br2N4. The van der Waals surface area contributed by atoms with Crippen molar-refractivity contribution in [1.82, 2.24) is 9.66 Å². The summed E-state index contributed by atoms with van der Waals surface area (Å²) in [5, 5.41) is 0. The molecule has 0 aliphatic heterocycles. The van der Waals surface area contributed by atoms with Gasteiger partial charge >= 0.3 is 0 Å². The zero-order valence-corrected chi connectivity index (χ0v) is 11.7. The van der Waals surface area contributed by atoms with Gasteiger partial charge in [0.05, 0.1) is 0 Å². The summed E-state index contributed by atoms with van der Waals surface area (Å²) >= 11 is 6.85. The number of anilines is 1. The summed E-state index contributed by atoms with van der Waals surface area (Å²) in [4.78, 5) is 4.33. The molecule has 0 fully saturated rings. The Bertz CT molecular complexity index is 548. The number of nitrogens with zero attached hydrogens (tertiary/aromatic N) is 2. The van der Waals surface area contributed by atoms with Gasteiger partial charge in [0.25, 0.3) is 0 Å². The first kappa shape index (κ1) is 11.5. The van der Waals surface area contributed by atoms with Crippen molar-refractivity contribution in [2.75, 3.05) is 11.6 Å².